The number of aldehydes is 1. The molecule has 7 heteroatoms. The Hall–Kier alpha value is -1.08. The van der Waals surface area contributed by atoms with E-state index in [4.69, 9.17) is 4.74 Å². The number of rotatable bonds is 17. The predicted octanol–water partition coefficient (Wildman–Crippen LogP) is 3.09. The van der Waals surface area contributed by atoms with Crippen LogP contribution in [0.25, 0.3) is 0 Å². The molecule has 0 heterocycles. The topological polar surface area (TPSA) is 66.9 Å². The summed E-state index contributed by atoms with van der Waals surface area (Å²) in [4.78, 5) is 38.0. The van der Waals surface area contributed by atoms with Gasteiger partial charge in [-0.05, 0) is 30.4 Å². The molecule has 0 spiro atoms. The fourth-order valence-corrected chi connectivity index (χ4v) is 3.45. The van der Waals surface area contributed by atoms with Gasteiger partial charge in [-0.2, -0.15) is 11.8 Å². The van der Waals surface area contributed by atoms with Gasteiger partial charge in [0, 0.05) is 52.4 Å². The summed E-state index contributed by atoms with van der Waals surface area (Å²) in [6.45, 7) is 8.64. The summed E-state index contributed by atoms with van der Waals surface area (Å²) < 4.78 is 5.49. The van der Waals surface area contributed by atoms with E-state index in [1.54, 1.807) is 35.7 Å². The lowest BCUT2D eigenvalue weighted by atomic mass is 10.1. The highest BCUT2D eigenvalue weighted by molar-refractivity contribution is 7.99. The first-order chi connectivity index (χ1) is 13.3. The van der Waals surface area contributed by atoms with E-state index in [0.29, 0.717) is 57.4 Å². The van der Waals surface area contributed by atoms with Gasteiger partial charge in [-0.15, -0.1) is 0 Å². The standard InChI is InChI=1S/C21H40N2O4S/c1-18(2)8-14-27-15-9-20(25)22(4)11-12-23(5)21(26)10-16-28-17-19(3)7-6-13-24/h13,18-19H,6-12,14-17H2,1-5H3. The zero-order valence-electron chi connectivity index (χ0n) is 18.4. The predicted molar refractivity (Wildman–Crippen MR) is 117 cm³/mol. The Balaban J connectivity index is 3.83. The number of ether oxygens (including phenoxy) is 1. The molecule has 0 radical (unpaired) electrons. The van der Waals surface area contributed by atoms with Crippen LogP contribution in [-0.2, 0) is 19.1 Å². The van der Waals surface area contributed by atoms with E-state index in [1.807, 2.05) is 0 Å². The highest BCUT2D eigenvalue weighted by atomic mass is 32.2. The van der Waals surface area contributed by atoms with Crippen LogP contribution in [0, 0.1) is 11.8 Å². The number of likely N-dealkylation sites (N-methyl/N-ethyl adjacent to an activating group) is 2. The summed E-state index contributed by atoms with van der Waals surface area (Å²) >= 11 is 1.76. The van der Waals surface area contributed by atoms with Crippen molar-refractivity contribution < 1.29 is 19.1 Å². The molecule has 0 aliphatic rings. The minimum absolute atomic E-state index is 0.0465. The van der Waals surface area contributed by atoms with Crippen LogP contribution in [0.15, 0.2) is 0 Å². The third kappa shape index (κ3) is 14.9. The van der Waals surface area contributed by atoms with Gasteiger partial charge in [0.2, 0.25) is 11.8 Å². The van der Waals surface area contributed by atoms with Crippen molar-refractivity contribution >= 4 is 29.9 Å². The van der Waals surface area contributed by atoms with Crippen LogP contribution in [0.1, 0.15) is 52.9 Å². The first kappa shape index (κ1) is 26.9. The number of carbonyl (C=O) groups excluding carboxylic acids is 3. The smallest absolute Gasteiger partial charge is 0.224 e. The Morgan fingerprint density at radius 3 is 2.14 bits per heavy atom. The van der Waals surface area contributed by atoms with Crippen molar-refractivity contribution in [2.24, 2.45) is 11.8 Å². The first-order valence-corrected chi connectivity index (χ1v) is 11.5. The number of carbonyl (C=O) groups is 3. The maximum absolute atomic E-state index is 12.2. The second kappa shape index (κ2) is 16.8. The minimum Gasteiger partial charge on any atom is -0.381 e. The fraction of sp³-hybridized carbons (Fsp3) is 0.857. The van der Waals surface area contributed by atoms with Crippen molar-refractivity contribution in [3.8, 4) is 0 Å². The Labute approximate surface area is 175 Å². The molecule has 0 saturated carbocycles. The van der Waals surface area contributed by atoms with Crippen LogP contribution >= 0.6 is 11.8 Å². The molecular formula is C21H40N2O4S. The van der Waals surface area contributed by atoms with Crippen LogP contribution in [0.5, 0.6) is 0 Å². The lowest BCUT2D eigenvalue weighted by Crippen LogP contribution is -2.37. The van der Waals surface area contributed by atoms with Gasteiger partial charge in [0.25, 0.3) is 0 Å². The van der Waals surface area contributed by atoms with Gasteiger partial charge in [0.1, 0.15) is 6.29 Å². The van der Waals surface area contributed by atoms with Crippen molar-refractivity contribution in [3.05, 3.63) is 0 Å². The van der Waals surface area contributed by atoms with Crippen LogP contribution < -0.4 is 0 Å². The lowest BCUT2D eigenvalue weighted by molar-refractivity contribution is -0.134. The summed E-state index contributed by atoms with van der Waals surface area (Å²) in [6.07, 6.45) is 4.37. The summed E-state index contributed by atoms with van der Waals surface area (Å²) in [7, 11) is 3.55. The molecule has 0 N–H and O–H groups in total. The molecule has 0 bridgehead atoms. The van der Waals surface area contributed by atoms with Crippen molar-refractivity contribution in [1.82, 2.24) is 9.80 Å². The number of hydrogen-bond donors (Lipinski definition) is 0. The number of hydrogen-bond acceptors (Lipinski definition) is 5. The fourth-order valence-electron chi connectivity index (χ4n) is 2.39. The molecule has 2 amide bonds. The average Bonchev–Trinajstić information content (AvgIpc) is 2.66. The van der Waals surface area contributed by atoms with E-state index in [0.717, 1.165) is 30.6 Å². The lowest BCUT2D eigenvalue weighted by Gasteiger charge is -2.22. The van der Waals surface area contributed by atoms with E-state index in [9.17, 15) is 14.4 Å². The van der Waals surface area contributed by atoms with Crippen LogP contribution in [-0.4, -0.2) is 79.8 Å². The summed E-state index contributed by atoms with van der Waals surface area (Å²) in [5, 5.41) is 0. The van der Waals surface area contributed by atoms with Gasteiger partial charge in [0.15, 0.2) is 0 Å². The maximum atomic E-state index is 12.2. The summed E-state index contributed by atoms with van der Waals surface area (Å²) in [5.41, 5.74) is 0. The summed E-state index contributed by atoms with van der Waals surface area (Å²) in [6, 6.07) is 0. The summed E-state index contributed by atoms with van der Waals surface area (Å²) in [5.74, 6) is 3.02. The third-order valence-corrected chi connectivity index (χ3v) is 5.86. The van der Waals surface area contributed by atoms with E-state index >= 15 is 0 Å². The molecule has 0 aromatic heterocycles. The van der Waals surface area contributed by atoms with E-state index in [-0.39, 0.29) is 11.8 Å². The number of thioether (sulfide) groups is 1. The van der Waals surface area contributed by atoms with Crippen LogP contribution in [0.2, 0.25) is 0 Å². The van der Waals surface area contributed by atoms with E-state index in [2.05, 4.69) is 20.8 Å². The van der Waals surface area contributed by atoms with Gasteiger partial charge in [-0.25, -0.2) is 0 Å². The maximum Gasteiger partial charge on any atom is 0.224 e. The molecule has 0 saturated heterocycles. The van der Waals surface area contributed by atoms with Gasteiger partial charge in [-0.3, -0.25) is 9.59 Å². The molecule has 0 aliphatic carbocycles. The normalized spacial score (nSPS) is 12.1. The zero-order valence-corrected chi connectivity index (χ0v) is 19.3. The molecule has 6 nitrogen and oxygen atoms in total. The largest absolute Gasteiger partial charge is 0.381 e. The van der Waals surface area contributed by atoms with Crippen molar-refractivity contribution in [1.29, 1.82) is 0 Å². The van der Waals surface area contributed by atoms with Crippen LogP contribution in [0.4, 0.5) is 0 Å². The van der Waals surface area contributed by atoms with Crippen LogP contribution in [0.3, 0.4) is 0 Å². The van der Waals surface area contributed by atoms with Crippen molar-refractivity contribution in [2.75, 3.05) is 51.9 Å². The van der Waals surface area contributed by atoms with Gasteiger partial charge in [0.05, 0.1) is 13.0 Å². The Bertz CT molecular complexity index is 446. The van der Waals surface area contributed by atoms with Gasteiger partial charge >= 0.3 is 0 Å². The monoisotopic (exact) mass is 416 g/mol. The zero-order chi connectivity index (χ0) is 21.4. The van der Waals surface area contributed by atoms with Gasteiger partial charge in [-0.1, -0.05) is 20.8 Å². The Kier molecular flexibility index (Phi) is 16.2. The molecule has 0 aromatic carbocycles. The molecule has 1 unspecified atom stereocenters. The molecule has 0 aromatic rings. The highest BCUT2D eigenvalue weighted by Crippen LogP contribution is 2.14. The minimum atomic E-state index is 0.0465. The molecule has 28 heavy (non-hydrogen) atoms. The first-order valence-electron chi connectivity index (χ1n) is 10.3. The highest BCUT2D eigenvalue weighted by Gasteiger charge is 2.13. The molecule has 1 atom stereocenters. The number of nitrogens with zero attached hydrogens (tertiary/aromatic N) is 2. The molecule has 0 rings (SSSR count). The SMILES string of the molecule is CC(C)CCOCCC(=O)N(C)CCN(C)C(=O)CCSCC(C)CCC=O. The third-order valence-electron chi connectivity index (χ3n) is 4.56. The van der Waals surface area contributed by atoms with Crippen molar-refractivity contribution in [2.45, 2.75) is 52.9 Å². The van der Waals surface area contributed by atoms with Crippen molar-refractivity contribution in [3.63, 3.8) is 0 Å². The molecular weight excluding hydrogens is 376 g/mol. The van der Waals surface area contributed by atoms with Gasteiger partial charge < -0.3 is 19.3 Å². The second-order valence-corrected chi connectivity index (χ2v) is 9.00. The second-order valence-electron chi connectivity index (χ2n) is 7.85. The molecule has 164 valence electrons. The Morgan fingerprint density at radius 2 is 1.57 bits per heavy atom. The average molecular weight is 417 g/mol. The number of amides is 2. The van der Waals surface area contributed by atoms with E-state index < -0.39 is 0 Å². The molecule has 0 aliphatic heterocycles. The van der Waals surface area contributed by atoms with E-state index in [1.165, 1.54) is 0 Å². The quantitative estimate of drug-likeness (QED) is 0.269. The molecule has 0 fully saturated rings. The Morgan fingerprint density at radius 1 is 0.964 bits per heavy atom.